The van der Waals surface area contributed by atoms with Crippen molar-refractivity contribution in [1.29, 1.82) is 0 Å². The first kappa shape index (κ1) is 15.9. The van der Waals surface area contributed by atoms with Crippen LogP contribution >= 0.6 is 11.3 Å². The van der Waals surface area contributed by atoms with Crippen molar-refractivity contribution in [2.45, 2.75) is 26.1 Å². The minimum Gasteiger partial charge on any atom is -0.312 e. The van der Waals surface area contributed by atoms with Gasteiger partial charge in [0.25, 0.3) is 0 Å². The number of rotatable bonds is 3. The predicted octanol–water partition coefficient (Wildman–Crippen LogP) is 4.56. The molecule has 1 aromatic heterocycles. The van der Waals surface area contributed by atoms with Gasteiger partial charge in [-0.15, -0.1) is 11.3 Å². The zero-order valence-corrected chi connectivity index (χ0v) is 12.5. The summed E-state index contributed by atoms with van der Waals surface area (Å²) in [5.41, 5.74) is -0.444. The van der Waals surface area contributed by atoms with Gasteiger partial charge >= 0.3 is 6.18 Å². The van der Waals surface area contributed by atoms with E-state index in [-0.39, 0.29) is 16.6 Å². The Hall–Kier alpha value is -1.47. The number of aromatic nitrogens is 1. The van der Waals surface area contributed by atoms with Crippen molar-refractivity contribution < 1.29 is 17.6 Å². The lowest BCUT2D eigenvalue weighted by Crippen LogP contribution is -2.11. The highest BCUT2D eigenvalue weighted by Gasteiger charge is 2.34. The first-order valence-corrected chi connectivity index (χ1v) is 7.07. The van der Waals surface area contributed by atoms with Gasteiger partial charge in [-0.05, 0) is 39.1 Å². The highest BCUT2D eigenvalue weighted by Crippen LogP contribution is 2.40. The Morgan fingerprint density at radius 1 is 1.29 bits per heavy atom. The number of nitrogens with one attached hydrogen (secondary N) is 1. The standard InChI is InChI=1S/C14H14F4N2S/c1-7(19-3)12-8(2)20-13(21-12)10-6-9(15)4-5-11(10)14(16,17)18/h4-7,19H,1-3H3. The Bertz CT molecular complexity index is 649. The van der Waals surface area contributed by atoms with Gasteiger partial charge in [-0.3, -0.25) is 0 Å². The molecule has 0 bridgehead atoms. The molecule has 1 aromatic carbocycles. The Labute approximate surface area is 123 Å². The lowest BCUT2D eigenvalue weighted by atomic mass is 10.1. The maximum Gasteiger partial charge on any atom is 0.417 e. The summed E-state index contributed by atoms with van der Waals surface area (Å²) >= 11 is 1.14. The monoisotopic (exact) mass is 318 g/mol. The summed E-state index contributed by atoms with van der Waals surface area (Å²) in [6, 6.07) is 2.42. The summed E-state index contributed by atoms with van der Waals surface area (Å²) in [7, 11) is 1.76. The quantitative estimate of drug-likeness (QED) is 0.839. The summed E-state index contributed by atoms with van der Waals surface area (Å²) in [5.74, 6) is -0.714. The zero-order chi connectivity index (χ0) is 15.8. The number of hydrogen-bond acceptors (Lipinski definition) is 3. The van der Waals surface area contributed by atoms with Crippen LogP contribution in [0.25, 0.3) is 10.6 Å². The van der Waals surface area contributed by atoms with Crippen molar-refractivity contribution >= 4 is 11.3 Å². The van der Waals surface area contributed by atoms with Gasteiger partial charge in [0.1, 0.15) is 10.8 Å². The van der Waals surface area contributed by atoms with E-state index in [1.165, 1.54) is 0 Å². The summed E-state index contributed by atoms with van der Waals surface area (Å²) < 4.78 is 52.5. The van der Waals surface area contributed by atoms with Gasteiger partial charge < -0.3 is 5.32 Å². The van der Waals surface area contributed by atoms with Crippen LogP contribution in [0.1, 0.15) is 29.1 Å². The first-order chi connectivity index (χ1) is 9.74. The van der Waals surface area contributed by atoms with Crippen molar-refractivity contribution in [3.63, 3.8) is 0 Å². The molecule has 0 radical (unpaired) electrons. The number of hydrogen-bond donors (Lipinski definition) is 1. The molecule has 1 atom stereocenters. The number of halogens is 4. The number of aryl methyl sites for hydroxylation is 1. The van der Waals surface area contributed by atoms with E-state index in [2.05, 4.69) is 10.3 Å². The fraction of sp³-hybridized carbons (Fsp3) is 0.357. The largest absolute Gasteiger partial charge is 0.417 e. The molecular weight excluding hydrogens is 304 g/mol. The fourth-order valence-corrected chi connectivity index (χ4v) is 3.15. The van der Waals surface area contributed by atoms with E-state index in [1.807, 2.05) is 6.92 Å². The smallest absolute Gasteiger partial charge is 0.312 e. The molecule has 114 valence electrons. The lowest BCUT2D eigenvalue weighted by Gasteiger charge is -2.11. The molecule has 2 nitrogen and oxygen atoms in total. The van der Waals surface area contributed by atoms with Crippen LogP contribution in [0.15, 0.2) is 18.2 Å². The second-order valence-electron chi connectivity index (χ2n) is 4.67. The second-order valence-corrected chi connectivity index (χ2v) is 5.70. The molecule has 7 heteroatoms. The predicted molar refractivity (Wildman–Crippen MR) is 74.7 cm³/mol. The normalized spacial score (nSPS) is 13.5. The number of nitrogens with zero attached hydrogens (tertiary/aromatic N) is 1. The first-order valence-electron chi connectivity index (χ1n) is 6.25. The van der Waals surface area contributed by atoms with Gasteiger partial charge in [0.2, 0.25) is 0 Å². The minimum atomic E-state index is -4.54. The SMILES string of the molecule is CNC(C)c1sc(-c2cc(F)ccc2C(F)(F)F)nc1C. The third-order valence-electron chi connectivity index (χ3n) is 3.18. The Morgan fingerprint density at radius 3 is 2.52 bits per heavy atom. The van der Waals surface area contributed by atoms with Crippen molar-refractivity contribution in [2.24, 2.45) is 0 Å². The maximum atomic E-state index is 13.4. The van der Waals surface area contributed by atoms with Crippen LogP contribution in [0.2, 0.25) is 0 Å². The highest BCUT2D eigenvalue weighted by molar-refractivity contribution is 7.15. The molecule has 21 heavy (non-hydrogen) atoms. The average Bonchev–Trinajstić information content (AvgIpc) is 2.78. The van der Waals surface area contributed by atoms with Crippen LogP contribution in [-0.4, -0.2) is 12.0 Å². The molecule has 0 aliphatic carbocycles. The summed E-state index contributed by atoms with van der Waals surface area (Å²) in [4.78, 5) is 5.01. The maximum absolute atomic E-state index is 13.4. The van der Waals surface area contributed by atoms with E-state index in [0.29, 0.717) is 5.69 Å². The third kappa shape index (κ3) is 3.24. The van der Waals surface area contributed by atoms with Gasteiger partial charge in [0, 0.05) is 16.5 Å². The Kier molecular flexibility index (Phi) is 4.34. The second kappa shape index (κ2) is 5.73. The van der Waals surface area contributed by atoms with Gasteiger partial charge in [-0.25, -0.2) is 9.37 Å². The molecule has 0 aliphatic heterocycles. The average molecular weight is 318 g/mol. The van der Waals surface area contributed by atoms with Gasteiger partial charge in [0.15, 0.2) is 0 Å². The Balaban J connectivity index is 2.59. The number of alkyl halides is 3. The molecule has 0 spiro atoms. The molecule has 1 N–H and O–H groups in total. The van der Waals surface area contributed by atoms with E-state index < -0.39 is 17.6 Å². The molecule has 1 unspecified atom stereocenters. The van der Waals surface area contributed by atoms with Gasteiger partial charge in [-0.1, -0.05) is 0 Å². The topological polar surface area (TPSA) is 24.9 Å². The third-order valence-corrected chi connectivity index (χ3v) is 4.55. The molecule has 2 rings (SSSR count). The summed E-state index contributed by atoms with van der Waals surface area (Å²) in [6.07, 6.45) is -4.54. The van der Waals surface area contributed by atoms with E-state index in [1.54, 1.807) is 14.0 Å². The van der Waals surface area contributed by atoms with E-state index in [9.17, 15) is 17.6 Å². The van der Waals surface area contributed by atoms with Crippen molar-refractivity contribution in [2.75, 3.05) is 7.05 Å². The van der Waals surface area contributed by atoms with Crippen LogP contribution in [-0.2, 0) is 6.18 Å². The molecule has 0 saturated heterocycles. The molecule has 0 aliphatic rings. The van der Waals surface area contributed by atoms with Crippen LogP contribution < -0.4 is 5.32 Å². The Morgan fingerprint density at radius 2 is 1.95 bits per heavy atom. The van der Waals surface area contributed by atoms with Crippen molar-refractivity contribution in [3.05, 3.63) is 40.2 Å². The van der Waals surface area contributed by atoms with Gasteiger partial charge in [-0.2, -0.15) is 13.2 Å². The number of thiazole rings is 1. The summed E-state index contributed by atoms with van der Waals surface area (Å²) in [6.45, 7) is 3.62. The van der Waals surface area contributed by atoms with Crippen LogP contribution in [0.4, 0.5) is 17.6 Å². The fourth-order valence-electron chi connectivity index (χ4n) is 2.00. The molecule has 2 aromatic rings. The van der Waals surface area contributed by atoms with Gasteiger partial charge in [0.05, 0.1) is 11.3 Å². The van der Waals surface area contributed by atoms with Crippen molar-refractivity contribution in [3.8, 4) is 10.6 Å². The molecule has 1 heterocycles. The van der Waals surface area contributed by atoms with Crippen LogP contribution in [0, 0.1) is 12.7 Å². The van der Waals surface area contributed by atoms with Crippen molar-refractivity contribution in [1.82, 2.24) is 10.3 Å². The minimum absolute atomic E-state index is 0.0286. The molecular formula is C14H14F4N2S. The lowest BCUT2D eigenvalue weighted by molar-refractivity contribution is -0.137. The number of benzene rings is 1. The van der Waals surface area contributed by atoms with E-state index in [4.69, 9.17) is 0 Å². The molecule has 0 amide bonds. The highest BCUT2D eigenvalue weighted by atomic mass is 32.1. The zero-order valence-electron chi connectivity index (χ0n) is 11.7. The molecule has 0 saturated carbocycles. The summed E-state index contributed by atoms with van der Waals surface area (Å²) in [5, 5.41) is 3.19. The van der Waals surface area contributed by atoms with Crippen LogP contribution in [0.5, 0.6) is 0 Å². The van der Waals surface area contributed by atoms with Crippen LogP contribution in [0.3, 0.4) is 0 Å². The van der Waals surface area contributed by atoms with E-state index in [0.717, 1.165) is 34.4 Å². The molecule has 0 fully saturated rings. The van der Waals surface area contributed by atoms with E-state index >= 15 is 0 Å².